The molecule has 2 aliphatic heterocycles. The van der Waals surface area contributed by atoms with Crippen LogP contribution in [-0.4, -0.2) is 37.5 Å². The predicted octanol–water partition coefficient (Wildman–Crippen LogP) is 4.83. The maximum atomic E-state index is 13.7. The fourth-order valence-corrected chi connectivity index (χ4v) is 5.11. The van der Waals surface area contributed by atoms with Gasteiger partial charge in [-0.3, -0.25) is 9.59 Å². The summed E-state index contributed by atoms with van der Waals surface area (Å²) >= 11 is 6.12. The zero-order chi connectivity index (χ0) is 23.1. The summed E-state index contributed by atoms with van der Waals surface area (Å²) in [5.74, 6) is 0.332. The summed E-state index contributed by atoms with van der Waals surface area (Å²) in [6.07, 6.45) is 0.669. The Hall–Kier alpha value is -3.51. The third-order valence-electron chi connectivity index (χ3n) is 6.40. The van der Waals surface area contributed by atoms with Gasteiger partial charge in [-0.15, -0.1) is 0 Å². The molecule has 33 heavy (non-hydrogen) atoms. The zero-order valence-corrected chi connectivity index (χ0v) is 19.1. The van der Waals surface area contributed by atoms with Gasteiger partial charge in [0.1, 0.15) is 0 Å². The first-order valence-electron chi connectivity index (χ1n) is 10.7. The highest BCUT2D eigenvalue weighted by Gasteiger charge is 2.46. The quantitative estimate of drug-likeness (QED) is 0.602. The first-order chi connectivity index (χ1) is 16.0. The maximum Gasteiger partial charge on any atom is 0.254 e. The number of carbonyl (C=O) groups is 2. The largest absolute Gasteiger partial charge is 0.493 e. The van der Waals surface area contributed by atoms with Crippen molar-refractivity contribution < 1.29 is 19.1 Å². The van der Waals surface area contributed by atoms with E-state index in [-0.39, 0.29) is 11.8 Å². The number of ether oxygens (including phenoxy) is 2. The van der Waals surface area contributed by atoms with Crippen molar-refractivity contribution in [3.8, 4) is 11.5 Å². The highest BCUT2D eigenvalue weighted by molar-refractivity contribution is 6.30. The normalized spacial score (nSPS) is 18.6. The van der Waals surface area contributed by atoms with E-state index in [1.807, 2.05) is 30.3 Å². The van der Waals surface area contributed by atoms with Crippen molar-refractivity contribution >= 4 is 29.1 Å². The Bertz CT molecular complexity index is 1260. The van der Waals surface area contributed by atoms with Gasteiger partial charge in [-0.05, 0) is 59.5 Å². The molecule has 0 aliphatic carbocycles. The Labute approximate surface area is 197 Å². The molecule has 168 valence electrons. The average molecular weight is 463 g/mol. The van der Waals surface area contributed by atoms with E-state index in [2.05, 4.69) is 5.32 Å². The summed E-state index contributed by atoms with van der Waals surface area (Å²) < 4.78 is 11.0. The minimum atomic E-state index is -0.602. The number of nitrogens with zero attached hydrogens (tertiary/aromatic N) is 1. The molecule has 0 spiro atoms. The predicted molar refractivity (Wildman–Crippen MR) is 126 cm³/mol. The number of carbonyl (C=O) groups excluding carboxylic acids is 2. The van der Waals surface area contributed by atoms with E-state index in [1.54, 1.807) is 49.5 Å². The van der Waals surface area contributed by atoms with Crippen LogP contribution >= 0.6 is 11.6 Å². The number of benzene rings is 3. The summed E-state index contributed by atoms with van der Waals surface area (Å²) in [6.45, 7) is 0.515. The molecule has 0 radical (unpaired) electrons. The lowest BCUT2D eigenvalue weighted by Crippen LogP contribution is -2.49. The van der Waals surface area contributed by atoms with Crippen LogP contribution in [-0.2, 0) is 11.2 Å². The zero-order valence-electron chi connectivity index (χ0n) is 18.3. The van der Waals surface area contributed by atoms with Crippen molar-refractivity contribution in [3.63, 3.8) is 0 Å². The second-order valence-electron chi connectivity index (χ2n) is 8.16. The Morgan fingerprint density at radius 2 is 1.76 bits per heavy atom. The number of methoxy groups -OCH3 is 2. The van der Waals surface area contributed by atoms with E-state index in [0.717, 1.165) is 11.1 Å². The molecule has 0 fully saturated rings. The van der Waals surface area contributed by atoms with Crippen LogP contribution in [0.5, 0.6) is 11.5 Å². The third-order valence-corrected chi connectivity index (χ3v) is 6.63. The molecule has 0 saturated heterocycles. The molecule has 1 N–H and O–H groups in total. The van der Waals surface area contributed by atoms with Crippen LogP contribution in [0.1, 0.15) is 39.0 Å². The van der Waals surface area contributed by atoms with Crippen LogP contribution in [0.2, 0.25) is 5.02 Å². The minimum absolute atomic E-state index is 0.0668. The molecule has 2 aliphatic rings. The van der Waals surface area contributed by atoms with Gasteiger partial charge < -0.3 is 19.7 Å². The average Bonchev–Trinajstić information content (AvgIpc) is 2.83. The van der Waals surface area contributed by atoms with Gasteiger partial charge in [-0.1, -0.05) is 35.9 Å². The number of hydrogen-bond acceptors (Lipinski definition) is 4. The lowest BCUT2D eigenvalue weighted by atomic mass is 9.75. The lowest BCUT2D eigenvalue weighted by Gasteiger charge is -2.45. The molecule has 2 atom stereocenters. The Morgan fingerprint density at radius 3 is 2.52 bits per heavy atom. The lowest BCUT2D eigenvalue weighted by molar-refractivity contribution is -0.119. The first kappa shape index (κ1) is 21.3. The summed E-state index contributed by atoms with van der Waals surface area (Å²) in [5, 5.41) is 3.54. The van der Waals surface area contributed by atoms with Gasteiger partial charge in [-0.2, -0.15) is 0 Å². The summed E-state index contributed by atoms with van der Waals surface area (Å²) in [6, 6.07) is 17.8. The van der Waals surface area contributed by atoms with E-state index in [4.69, 9.17) is 21.1 Å². The molecule has 2 heterocycles. The van der Waals surface area contributed by atoms with Crippen LogP contribution in [0.4, 0.5) is 5.69 Å². The van der Waals surface area contributed by atoms with Crippen LogP contribution in [0.3, 0.4) is 0 Å². The monoisotopic (exact) mass is 462 g/mol. The SMILES string of the molecule is COc1cc2c(cc1OC)[C@@H]1[C@H](C(=O)Nc3cccc(Cl)c3)c3ccccc3C(=O)N1CC2. The van der Waals surface area contributed by atoms with E-state index in [9.17, 15) is 9.59 Å². The highest BCUT2D eigenvalue weighted by Crippen LogP contribution is 2.48. The second-order valence-corrected chi connectivity index (χ2v) is 8.60. The maximum absolute atomic E-state index is 13.7. The topological polar surface area (TPSA) is 67.9 Å². The molecule has 0 bridgehead atoms. The van der Waals surface area contributed by atoms with Gasteiger partial charge in [0.15, 0.2) is 11.5 Å². The van der Waals surface area contributed by atoms with Crippen LogP contribution in [0, 0.1) is 0 Å². The van der Waals surface area contributed by atoms with Gasteiger partial charge in [0.05, 0.1) is 26.2 Å². The molecular formula is C26H23ClN2O4. The minimum Gasteiger partial charge on any atom is -0.493 e. The summed E-state index contributed by atoms with van der Waals surface area (Å²) in [4.78, 5) is 29.0. The molecule has 2 amide bonds. The second kappa shape index (κ2) is 8.45. The molecule has 3 aromatic rings. The molecule has 0 aromatic heterocycles. The van der Waals surface area contributed by atoms with Gasteiger partial charge in [0, 0.05) is 22.8 Å². The van der Waals surface area contributed by atoms with E-state index >= 15 is 0 Å². The molecule has 7 heteroatoms. The van der Waals surface area contributed by atoms with Gasteiger partial charge in [0.2, 0.25) is 5.91 Å². The number of rotatable bonds is 4. The first-order valence-corrected chi connectivity index (χ1v) is 11.1. The van der Waals surface area contributed by atoms with Crippen LogP contribution in [0.25, 0.3) is 0 Å². The van der Waals surface area contributed by atoms with Crippen molar-refractivity contribution in [1.29, 1.82) is 0 Å². The Kier molecular flexibility index (Phi) is 5.46. The molecule has 0 unspecified atom stereocenters. The third kappa shape index (κ3) is 3.60. The highest BCUT2D eigenvalue weighted by atomic mass is 35.5. The van der Waals surface area contributed by atoms with Crippen molar-refractivity contribution in [2.24, 2.45) is 0 Å². The molecular weight excluding hydrogens is 440 g/mol. The van der Waals surface area contributed by atoms with Crippen LogP contribution in [0.15, 0.2) is 60.7 Å². The molecule has 5 rings (SSSR count). The number of hydrogen-bond donors (Lipinski definition) is 1. The fraction of sp³-hybridized carbons (Fsp3) is 0.231. The van der Waals surface area contributed by atoms with Crippen molar-refractivity contribution in [3.05, 3.63) is 87.9 Å². The standard InChI is InChI=1S/C26H23ClN2O4/c1-32-21-12-15-10-11-29-24(20(15)14-22(21)33-2)23(18-8-3-4-9-19(18)26(29)31)25(30)28-17-7-5-6-16(27)13-17/h3-9,12-14,23-24H,10-11H2,1-2H3,(H,28,30)/t23-,24-/m1/s1. The van der Waals surface area contributed by atoms with E-state index < -0.39 is 12.0 Å². The summed E-state index contributed by atoms with van der Waals surface area (Å²) in [7, 11) is 3.18. The van der Waals surface area contributed by atoms with Gasteiger partial charge in [0.25, 0.3) is 5.91 Å². The van der Waals surface area contributed by atoms with Gasteiger partial charge in [-0.25, -0.2) is 0 Å². The van der Waals surface area contributed by atoms with Crippen molar-refractivity contribution in [2.75, 3.05) is 26.1 Å². The molecule has 6 nitrogen and oxygen atoms in total. The fourth-order valence-electron chi connectivity index (χ4n) is 4.92. The van der Waals surface area contributed by atoms with Crippen molar-refractivity contribution in [1.82, 2.24) is 4.90 Å². The smallest absolute Gasteiger partial charge is 0.254 e. The van der Waals surface area contributed by atoms with E-state index in [0.29, 0.717) is 46.3 Å². The number of halogens is 1. The Balaban J connectivity index is 1.65. The van der Waals surface area contributed by atoms with Gasteiger partial charge >= 0.3 is 0 Å². The number of amides is 2. The Morgan fingerprint density at radius 1 is 1.00 bits per heavy atom. The number of nitrogens with one attached hydrogen (secondary N) is 1. The van der Waals surface area contributed by atoms with Crippen molar-refractivity contribution in [2.45, 2.75) is 18.4 Å². The summed E-state index contributed by atoms with van der Waals surface area (Å²) in [5.41, 5.74) is 3.82. The number of fused-ring (bicyclic) bond motifs is 4. The number of anilines is 1. The molecule has 0 saturated carbocycles. The molecule has 3 aromatic carbocycles. The van der Waals surface area contributed by atoms with Crippen LogP contribution < -0.4 is 14.8 Å². The van der Waals surface area contributed by atoms with E-state index in [1.165, 1.54) is 0 Å².